The Morgan fingerprint density at radius 3 is 1.51 bits per heavy atom. The Balaban J connectivity index is 1.28. The monoisotopic (exact) mass is 690 g/mol. The number of aromatic nitrogens is 4. The van der Waals surface area contributed by atoms with Crippen LogP contribution in [-0.4, -0.2) is 18.5 Å². The second-order valence-corrected chi connectivity index (χ2v) is 12.9. The lowest BCUT2D eigenvalue weighted by Crippen LogP contribution is -2.16. The second kappa shape index (κ2) is 10.5. The molecule has 9 rings (SSSR count). The molecule has 0 atom stereocenters. The minimum atomic E-state index is -4.71. The van der Waals surface area contributed by atoms with E-state index in [1.165, 1.54) is 22.7 Å². The van der Waals surface area contributed by atoms with Crippen molar-refractivity contribution in [1.82, 2.24) is 18.5 Å². The minimum absolute atomic E-state index is 0.00351. The van der Waals surface area contributed by atoms with Crippen molar-refractivity contribution in [3.63, 3.8) is 0 Å². The van der Waals surface area contributed by atoms with Crippen LogP contribution in [0.1, 0.15) is 22.3 Å². The van der Waals surface area contributed by atoms with E-state index >= 15 is 0 Å². The van der Waals surface area contributed by atoms with E-state index in [1.54, 1.807) is 28.8 Å². The standard InChI is InChI=1S/C40H24F6N4O/c1-21-3-10-33-27(15-21)28-16-22(2)4-11-34(28)49(33)25-7-9-32-31(19-25)38(51)48-20-26(8-14-37(48)47-32)50-35-12-5-23(39(41,42)43)17-29(35)30-18-24(40(44,45)46)6-13-36(30)50/h3-20H,1-2H3. The second-order valence-electron chi connectivity index (χ2n) is 12.9. The average molecular weight is 691 g/mol. The number of alkyl halides is 6. The number of pyridine rings is 1. The lowest BCUT2D eigenvalue weighted by molar-refractivity contribution is -0.138. The predicted octanol–water partition coefficient (Wildman–Crippen LogP) is 10.7. The number of hydrogen-bond acceptors (Lipinski definition) is 2. The van der Waals surface area contributed by atoms with Crippen LogP contribution in [0.2, 0.25) is 0 Å². The lowest BCUT2D eigenvalue weighted by atomic mass is 10.1. The van der Waals surface area contributed by atoms with Crippen molar-refractivity contribution in [2.75, 3.05) is 0 Å². The van der Waals surface area contributed by atoms with Crippen molar-refractivity contribution in [3.8, 4) is 11.4 Å². The number of nitrogens with zero attached hydrogens (tertiary/aromatic N) is 4. The van der Waals surface area contributed by atoms with Crippen LogP contribution in [0, 0.1) is 13.8 Å². The molecule has 0 spiro atoms. The average Bonchev–Trinajstić information content (AvgIpc) is 3.58. The van der Waals surface area contributed by atoms with Crippen LogP contribution >= 0.6 is 0 Å². The molecule has 0 aliphatic rings. The number of hydrogen-bond donors (Lipinski definition) is 0. The van der Waals surface area contributed by atoms with Crippen LogP contribution in [0.25, 0.3) is 71.5 Å². The smallest absolute Gasteiger partial charge is 0.309 e. The van der Waals surface area contributed by atoms with Gasteiger partial charge in [0, 0.05) is 33.4 Å². The Bertz CT molecular complexity index is 2870. The largest absolute Gasteiger partial charge is 0.416 e. The molecule has 252 valence electrons. The summed E-state index contributed by atoms with van der Waals surface area (Å²) in [5, 5.41) is 2.50. The molecule has 0 N–H and O–H groups in total. The van der Waals surface area contributed by atoms with E-state index in [0.717, 1.165) is 62.9 Å². The highest BCUT2D eigenvalue weighted by Gasteiger charge is 2.33. The highest BCUT2D eigenvalue weighted by molar-refractivity contribution is 6.11. The van der Waals surface area contributed by atoms with Crippen LogP contribution in [0.15, 0.2) is 114 Å². The number of halogens is 6. The molecule has 0 radical (unpaired) electrons. The lowest BCUT2D eigenvalue weighted by Gasteiger charge is -2.12. The van der Waals surface area contributed by atoms with E-state index < -0.39 is 23.5 Å². The normalized spacial score (nSPS) is 12.8. The summed E-state index contributed by atoms with van der Waals surface area (Å²) < 4.78 is 87.4. The van der Waals surface area contributed by atoms with Gasteiger partial charge in [0.1, 0.15) is 5.65 Å². The van der Waals surface area contributed by atoms with E-state index in [0.29, 0.717) is 22.2 Å². The van der Waals surface area contributed by atoms with E-state index in [9.17, 15) is 31.1 Å². The van der Waals surface area contributed by atoms with Crippen LogP contribution in [0.4, 0.5) is 26.3 Å². The predicted molar refractivity (Wildman–Crippen MR) is 187 cm³/mol. The first-order valence-corrected chi connectivity index (χ1v) is 16.0. The summed E-state index contributed by atoms with van der Waals surface area (Å²) in [6.45, 7) is 4.08. The third-order valence-electron chi connectivity index (χ3n) is 9.59. The molecule has 0 unspecified atom stereocenters. The fourth-order valence-corrected chi connectivity index (χ4v) is 7.24. The van der Waals surface area contributed by atoms with Gasteiger partial charge in [-0.15, -0.1) is 0 Å². The molecule has 0 saturated heterocycles. The third-order valence-corrected chi connectivity index (χ3v) is 9.59. The molecule has 0 bridgehead atoms. The van der Waals surface area contributed by atoms with Crippen LogP contribution < -0.4 is 5.56 Å². The molecule has 5 aromatic carbocycles. The van der Waals surface area contributed by atoms with Crippen molar-refractivity contribution < 1.29 is 26.3 Å². The van der Waals surface area contributed by atoms with E-state index in [2.05, 4.69) is 28.8 Å². The van der Waals surface area contributed by atoms with Gasteiger partial charge < -0.3 is 9.13 Å². The van der Waals surface area contributed by atoms with Gasteiger partial charge in [0.05, 0.1) is 49.8 Å². The fraction of sp³-hybridized carbons (Fsp3) is 0.100. The molecule has 9 aromatic rings. The summed E-state index contributed by atoms with van der Waals surface area (Å²) in [6.07, 6.45) is -7.90. The van der Waals surface area contributed by atoms with Gasteiger partial charge in [0.2, 0.25) is 0 Å². The van der Waals surface area contributed by atoms with E-state index in [-0.39, 0.29) is 27.4 Å². The molecule has 4 aromatic heterocycles. The molecule has 0 aliphatic heterocycles. The van der Waals surface area contributed by atoms with Gasteiger partial charge in [-0.2, -0.15) is 26.3 Å². The number of rotatable bonds is 2. The SMILES string of the molecule is Cc1ccc2c(c1)c1cc(C)ccc1n2-c1ccc2nc3ccc(-n4c5ccc(C(F)(F)F)cc5c5cc(C(F)(F)F)ccc54)cn3c(=O)c2c1. The van der Waals surface area contributed by atoms with Crippen LogP contribution in [-0.2, 0) is 12.4 Å². The fourth-order valence-electron chi connectivity index (χ4n) is 7.24. The number of benzene rings is 5. The zero-order chi connectivity index (χ0) is 35.6. The van der Waals surface area contributed by atoms with E-state index in [4.69, 9.17) is 4.98 Å². The molecule has 11 heteroatoms. The maximum absolute atomic E-state index is 14.2. The molecule has 0 amide bonds. The van der Waals surface area contributed by atoms with Crippen LogP contribution in [0.5, 0.6) is 0 Å². The molecule has 4 heterocycles. The topological polar surface area (TPSA) is 44.2 Å². The first-order chi connectivity index (χ1) is 24.3. The summed E-state index contributed by atoms with van der Waals surface area (Å²) >= 11 is 0. The first kappa shape index (κ1) is 30.9. The van der Waals surface area contributed by atoms with Gasteiger partial charge in [0.25, 0.3) is 5.56 Å². The summed E-state index contributed by atoms with van der Waals surface area (Å²) in [5.74, 6) is 0. The van der Waals surface area contributed by atoms with Crippen molar-refractivity contribution in [2.24, 2.45) is 0 Å². The Kier molecular flexibility index (Phi) is 6.34. The molecule has 51 heavy (non-hydrogen) atoms. The third kappa shape index (κ3) is 4.71. The Labute approximate surface area is 284 Å². The molecule has 0 fully saturated rings. The van der Waals surface area contributed by atoms with Gasteiger partial charge in [-0.05, 0) is 105 Å². The maximum Gasteiger partial charge on any atom is 0.416 e. The van der Waals surface area contributed by atoms with Crippen molar-refractivity contribution in [1.29, 1.82) is 0 Å². The summed E-state index contributed by atoms with van der Waals surface area (Å²) in [7, 11) is 0. The van der Waals surface area contributed by atoms with Crippen molar-refractivity contribution in [2.45, 2.75) is 26.2 Å². The number of fused-ring (bicyclic) bond motifs is 8. The molecule has 0 aliphatic carbocycles. The van der Waals surface area contributed by atoms with Gasteiger partial charge in [-0.1, -0.05) is 23.3 Å². The van der Waals surface area contributed by atoms with Gasteiger partial charge >= 0.3 is 12.4 Å². The zero-order valence-electron chi connectivity index (χ0n) is 26.9. The maximum atomic E-state index is 14.2. The molecule has 0 saturated carbocycles. The summed E-state index contributed by atoms with van der Waals surface area (Å²) in [6, 6.07) is 27.2. The zero-order valence-corrected chi connectivity index (χ0v) is 26.9. The van der Waals surface area contributed by atoms with E-state index in [1.807, 2.05) is 32.0 Å². The van der Waals surface area contributed by atoms with Gasteiger partial charge in [-0.25, -0.2) is 4.98 Å². The Morgan fingerprint density at radius 2 is 0.980 bits per heavy atom. The Morgan fingerprint density at radius 1 is 0.510 bits per heavy atom. The van der Waals surface area contributed by atoms with Crippen molar-refractivity contribution in [3.05, 3.63) is 142 Å². The molecular weight excluding hydrogens is 666 g/mol. The molecule has 5 nitrogen and oxygen atoms in total. The van der Waals surface area contributed by atoms with Crippen molar-refractivity contribution >= 4 is 60.2 Å². The van der Waals surface area contributed by atoms with Gasteiger partial charge in [-0.3, -0.25) is 9.20 Å². The molecular formula is C40H24F6N4O. The first-order valence-electron chi connectivity index (χ1n) is 16.0. The quantitative estimate of drug-likeness (QED) is 0.134. The number of aryl methyl sites for hydroxylation is 2. The highest BCUT2D eigenvalue weighted by atomic mass is 19.4. The highest BCUT2D eigenvalue weighted by Crippen LogP contribution is 2.40. The van der Waals surface area contributed by atoms with Gasteiger partial charge in [0.15, 0.2) is 0 Å². The minimum Gasteiger partial charge on any atom is -0.309 e. The summed E-state index contributed by atoms with van der Waals surface area (Å²) in [5.41, 5.74) is 4.25. The summed E-state index contributed by atoms with van der Waals surface area (Å²) in [4.78, 5) is 19.0. The van der Waals surface area contributed by atoms with Crippen LogP contribution in [0.3, 0.4) is 0 Å². The Hall–Kier alpha value is -6.10.